The number of ether oxygens (including phenoxy) is 2. The Labute approximate surface area is 135 Å². The monoisotopic (exact) mass is 315 g/mol. The van der Waals surface area contributed by atoms with Gasteiger partial charge in [0, 0.05) is 37.7 Å². The van der Waals surface area contributed by atoms with E-state index in [0.29, 0.717) is 31.9 Å². The molecule has 0 unspecified atom stereocenters. The smallest absolute Gasteiger partial charge is 0.319 e. The number of urea groups is 1. The van der Waals surface area contributed by atoms with E-state index in [2.05, 4.69) is 15.6 Å². The van der Waals surface area contributed by atoms with Gasteiger partial charge in [-0.1, -0.05) is 6.07 Å². The van der Waals surface area contributed by atoms with E-state index in [-0.39, 0.29) is 6.03 Å². The molecule has 0 saturated heterocycles. The van der Waals surface area contributed by atoms with Gasteiger partial charge in [-0.15, -0.1) is 0 Å². The Morgan fingerprint density at radius 2 is 1.96 bits per heavy atom. The van der Waals surface area contributed by atoms with E-state index in [4.69, 9.17) is 9.47 Å². The van der Waals surface area contributed by atoms with Crippen LogP contribution >= 0.6 is 0 Å². The molecule has 2 rings (SSSR count). The number of benzene rings is 1. The standard InChI is InChI=1S/C17H21N3O3/c1-22-12-13-23-16-7-5-15(6-8-16)20-17(21)19-11-9-14-4-2-3-10-18-14/h2-8,10H,9,11-13H2,1H3,(H2,19,20,21). The summed E-state index contributed by atoms with van der Waals surface area (Å²) in [5.74, 6) is 0.739. The van der Waals surface area contributed by atoms with Gasteiger partial charge in [-0.25, -0.2) is 4.79 Å². The van der Waals surface area contributed by atoms with E-state index in [0.717, 1.165) is 11.4 Å². The first-order valence-electron chi connectivity index (χ1n) is 7.44. The Kier molecular flexibility index (Phi) is 6.87. The SMILES string of the molecule is COCCOc1ccc(NC(=O)NCCc2ccccn2)cc1. The highest BCUT2D eigenvalue weighted by Crippen LogP contribution is 2.15. The fourth-order valence-electron chi connectivity index (χ4n) is 1.90. The fraction of sp³-hybridized carbons (Fsp3) is 0.294. The van der Waals surface area contributed by atoms with Crippen LogP contribution in [0.5, 0.6) is 5.75 Å². The minimum absolute atomic E-state index is 0.242. The maximum absolute atomic E-state index is 11.8. The molecule has 0 bridgehead atoms. The van der Waals surface area contributed by atoms with E-state index in [9.17, 15) is 4.79 Å². The lowest BCUT2D eigenvalue weighted by atomic mass is 10.3. The molecule has 0 spiro atoms. The lowest BCUT2D eigenvalue weighted by Gasteiger charge is -2.09. The van der Waals surface area contributed by atoms with Crippen LogP contribution < -0.4 is 15.4 Å². The van der Waals surface area contributed by atoms with Crippen molar-refractivity contribution in [3.05, 3.63) is 54.4 Å². The molecule has 2 amide bonds. The normalized spacial score (nSPS) is 10.1. The largest absolute Gasteiger partial charge is 0.491 e. The molecule has 0 fully saturated rings. The van der Waals surface area contributed by atoms with Gasteiger partial charge in [-0.3, -0.25) is 4.98 Å². The van der Waals surface area contributed by atoms with Crippen molar-refractivity contribution in [2.24, 2.45) is 0 Å². The second-order valence-electron chi connectivity index (χ2n) is 4.82. The van der Waals surface area contributed by atoms with E-state index in [1.807, 2.05) is 18.2 Å². The molecular formula is C17H21N3O3. The van der Waals surface area contributed by atoms with Crippen LogP contribution in [0.1, 0.15) is 5.69 Å². The van der Waals surface area contributed by atoms with E-state index >= 15 is 0 Å². The summed E-state index contributed by atoms with van der Waals surface area (Å²) in [6.07, 6.45) is 2.44. The van der Waals surface area contributed by atoms with Gasteiger partial charge in [0.25, 0.3) is 0 Å². The van der Waals surface area contributed by atoms with Crippen LogP contribution in [0.15, 0.2) is 48.7 Å². The second-order valence-corrected chi connectivity index (χ2v) is 4.82. The van der Waals surface area contributed by atoms with Crippen molar-refractivity contribution < 1.29 is 14.3 Å². The average molecular weight is 315 g/mol. The molecule has 2 aromatic rings. The Balaban J connectivity index is 1.70. The summed E-state index contributed by atoms with van der Waals surface area (Å²) in [6, 6.07) is 12.7. The van der Waals surface area contributed by atoms with Gasteiger partial charge >= 0.3 is 6.03 Å². The van der Waals surface area contributed by atoms with E-state index in [1.54, 1.807) is 37.6 Å². The zero-order valence-corrected chi connectivity index (χ0v) is 13.1. The number of hydrogen-bond acceptors (Lipinski definition) is 4. The molecule has 0 radical (unpaired) electrons. The van der Waals surface area contributed by atoms with Crippen molar-refractivity contribution in [1.29, 1.82) is 0 Å². The molecule has 0 aliphatic carbocycles. The Morgan fingerprint density at radius 1 is 1.13 bits per heavy atom. The summed E-state index contributed by atoms with van der Waals surface area (Å²) < 4.78 is 10.4. The van der Waals surface area contributed by atoms with Crippen LogP contribution in [-0.2, 0) is 11.2 Å². The van der Waals surface area contributed by atoms with Gasteiger partial charge in [0.15, 0.2) is 0 Å². The first-order valence-corrected chi connectivity index (χ1v) is 7.44. The van der Waals surface area contributed by atoms with Crippen LogP contribution in [0.4, 0.5) is 10.5 Å². The quantitative estimate of drug-likeness (QED) is 0.734. The first kappa shape index (κ1) is 16.8. The van der Waals surface area contributed by atoms with Crippen molar-refractivity contribution in [1.82, 2.24) is 10.3 Å². The van der Waals surface area contributed by atoms with Crippen LogP contribution in [0.25, 0.3) is 0 Å². The van der Waals surface area contributed by atoms with Crippen molar-refractivity contribution in [3.8, 4) is 5.75 Å². The molecule has 122 valence electrons. The summed E-state index contributed by atoms with van der Waals surface area (Å²) in [6.45, 7) is 1.57. The van der Waals surface area contributed by atoms with Crippen LogP contribution in [0.3, 0.4) is 0 Å². The molecular weight excluding hydrogens is 294 g/mol. The number of carbonyl (C=O) groups is 1. The Hall–Kier alpha value is -2.60. The molecule has 1 aromatic carbocycles. The zero-order valence-electron chi connectivity index (χ0n) is 13.1. The first-order chi connectivity index (χ1) is 11.3. The number of nitrogens with one attached hydrogen (secondary N) is 2. The van der Waals surface area contributed by atoms with Gasteiger partial charge in [0.05, 0.1) is 6.61 Å². The Morgan fingerprint density at radius 3 is 2.65 bits per heavy atom. The third-order valence-corrected chi connectivity index (χ3v) is 3.06. The maximum Gasteiger partial charge on any atom is 0.319 e. The third kappa shape index (κ3) is 6.36. The molecule has 0 aliphatic heterocycles. The molecule has 1 heterocycles. The number of pyridine rings is 1. The third-order valence-electron chi connectivity index (χ3n) is 3.06. The van der Waals surface area contributed by atoms with Gasteiger partial charge in [-0.05, 0) is 36.4 Å². The highest BCUT2D eigenvalue weighted by atomic mass is 16.5. The molecule has 1 aromatic heterocycles. The van der Waals surface area contributed by atoms with Crippen LogP contribution in [-0.4, -0.2) is 37.9 Å². The summed E-state index contributed by atoms with van der Waals surface area (Å²) in [7, 11) is 1.63. The number of hydrogen-bond donors (Lipinski definition) is 2. The molecule has 0 atom stereocenters. The average Bonchev–Trinajstić information content (AvgIpc) is 2.58. The zero-order chi connectivity index (χ0) is 16.3. The molecule has 0 saturated carbocycles. The predicted octanol–water partition coefficient (Wildman–Crippen LogP) is 2.47. The number of amides is 2. The van der Waals surface area contributed by atoms with Crippen molar-refractivity contribution >= 4 is 11.7 Å². The fourth-order valence-corrected chi connectivity index (χ4v) is 1.90. The molecule has 0 aliphatic rings. The minimum Gasteiger partial charge on any atom is -0.491 e. The summed E-state index contributed by atoms with van der Waals surface area (Å²) >= 11 is 0. The highest BCUT2D eigenvalue weighted by molar-refractivity contribution is 5.89. The van der Waals surface area contributed by atoms with Gasteiger partial charge in [0.1, 0.15) is 12.4 Å². The van der Waals surface area contributed by atoms with Crippen molar-refractivity contribution in [2.45, 2.75) is 6.42 Å². The number of carbonyl (C=O) groups excluding carboxylic acids is 1. The lowest BCUT2D eigenvalue weighted by molar-refractivity contribution is 0.146. The number of rotatable bonds is 8. The Bertz CT molecular complexity index is 588. The molecule has 2 N–H and O–H groups in total. The van der Waals surface area contributed by atoms with Crippen molar-refractivity contribution in [2.75, 3.05) is 32.2 Å². The summed E-state index contributed by atoms with van der Waals surface area (Å²) in [4.78, 5) is 16.0. The van der Waals surface area contributed by atoms with Gasteiger partial charge in [-0.2, -0.15) is 0 Å². The topological polar surface area (TPSA) is 72.5 Å². The predicted molar refractivity (Wildman–Crippen MR) is 88.8 cm³/mol. The second kappa shape index (κ2) is 9.42. The lowest BCUT2D eigenvalue weighted by Crippen LogP contribution is -2.30. The van der Waals surface area contributed by atoms with Crippen LogP contribution in [0, 0.1) is 0 Å². The number of anilines is 1. The summed E-state index contributed by atoms with van der Waals surface area (Å²) in [5.41, 5.74) is 1.66. The molecule has 6 nitrogen and oxygen atoms in total. The molecule has 6 heteroatoms. The minimum atomic E-state index is -0.242. The number of aromatic nitrogens is 1. The van der Waals surface area contributed by atoms with Crippen molar-refractivity contribution in [3.63, 3.8) is 0 Å². The van der Waals surface area contributed by atoms with E-state index < -0.39 is 0 Å². The van der Waals surface area contributed by atoms with Crippen LogP contribution in [0.2, 0.25) is 0 Å². The maximum atomic E-state index is 11.8. The summed E-state index contributed by atoms with van der Waals surface area (Å²) in [5, 5.41) is 5.57. The molecule has 23 heavy (non-hydrogen) atoms. The van der Waals surface area contributed by atoms with E-state index in [1.165, 1.54) is 0 Å². The number of nitrogens with zero attached hydrogens (tertiary/aromatic N) is 1. The van der Waals surface area contributed by atoms with Gasteiger partial charge < -0.3 is 20.1 Å². The number of methoxy groups -OCH3 is 1. The highest BCUT2D eigenvalue weighted by Gasteiger charge is 2.02. The van der Waals surface area contributed by atoms with Gasteiger partial charge in [0.2, 0.25) is 0 Å².